The van der Waals surface area contributed by atoms with Crippen LogP contribution in [0.5, 0.6) is 17.6 Å². The van der Waals surface area contributed by atoms with Crippen molar-refractivity contribution in [1.82, 2.24) is 28.7 Å². The summed E-state index contributed by atoms with van der Waals surface area (Å²) in [5.41, 5.74) is -0.727. The summed E-state index contributed by atoms with van der Waals surface area (Å²) in [5, 5.41) is 36.8. The van der Waals surface area contributed by atoms with Crippen LogP contribution in [0.4, 0.5) is 43.4 Å². The molecule has 12 rings (SSSR count). The molecule has 6 heterocycles. The molecule has 9 aromatic rings. The molecular formula is C60H40Cl3F6N9O10P+. The summed E-state index contributed by atoms with van der Waals surface area (Å²) in [6.45, 7) is -3.35. The molecule has 452 valence electrons. The first-order chi connectivity index (χ1) is 42.6. The van der Waals surface area contributed by atoms with Crippen molar-refractivity contribution in [3.63, 3.8) is 0 Å². The van der Waals surface area contributed by atoms with Crippen LogP contribution in [0.3, 0.4) is 0 Å². The van der Waals surface area contributed by atoms with E-state index in [0.29, 0.717) is 116 Å². The minimum absolute atomic E-state index is 0.241. The Balaban J connectivity index is 0.960. The molecule has 7 N–H and O–H groups in total. The Morgan fingerprint density at radius 1 is 0.438 bits per heavy atom. The minimum atomic E-state index is -5.43. The third-order valence-electron chi connectivity index (χ3n) is 14.6. The smallest absolute Gasteiger partial charge is 0.493 e. The number of benzene rings is 6. The van der Waals surface area contributed by atoms with Crippen molar-refractivity contribution in [2.24, 2.45) is 15.0 Å². The van der Waals surface area contributed by atoms with E-state index in [1.165, 1.54) is 36.9 Å². The lowest BCUT2D eigenvalue weighted by Crippen LogP contribution is -2.30. The van der Waals surface area contributed by atoms with Crippen LogP contribution in [-0.4, -0.2) is 87.3 Å². The lowest BCUT2D eigenvalue weighted by Gasteiger charge is -2.25. The molecule has 0 saturated carbocycles. The molecular weight excluding hydrogens is 1260 g/mol. The number of hydrogen-bond acceptors (Lipinski definition) is 13. The maximum absolute atomic E-state index is 15.3. The number of aromatic amines is 3. The average molecular weight is 1300 g/mol. The highest BCUT2D eigenvalue weighted by molar-refractivity contribution is 7.55. The number of nitrogens with one attached hydrogen (secondary N) is 3. The van der Waals surface area contributed by atoms with Crippen LogP contribution in [0.25, 0.3) is 34.9 Å². The van der Waals surface area contributed by atoms with E-state index in [9.17, 15) is 47.8 Å². The molecule has 0 spiro atoms. The van der Waals surface area contributed by atoms with Gasteiger partial charge in [0.15, 0.2) is 34.9 Å². The summed E-state index contributed by atoms with van der Waals surface area (Å²) in [6, 6.07) is 16.1. The van der Waals surface area contributed by atoms with E-state index >= 15 is 13.2 Å². The van der Waals surface area contributed by atoms with Gasteiger partial charge in [0, 0.05) is 67.1 Å². The number of halogens is 9. The zero-order valence-electron chi connectivity index (χ0n) is 45.0. The SMILES string of the molecule is O=c1[nH]c(/C=C2\C=Nc3cc(Cl)ccc32)c(O)n1C(CO[P+](O)(OCC(c1ccc(F)c(F)c1)n1c(O)c(/C=C2\C=Nc3cc(Cl)ccc32)[nH]c1=O)OCC(c1ccc(F)c(F)c1)n1c(O)c(/C=C2\C=Nc3cc(Cl)ccc32)[nH]c1=O)c1ccc(F)c(F)c1. The van der Waals surface area contributed by atoms with Crippen LogP contribution in [0.15, 0.2) is 139 Å². The summed E-state index contributed by atoms with van der Waals surface area (Å²) in [6.07, 6.45) is 8.31. The number of aromatic hydroxyl groups is 3. The highest BCUT2D eigenvalue weighted by atomic mass is 35.5. The number of fused-ring (bicyclic) bond motifs is 3. The summed E-state index contributed by atoms with van der Waals surface area (Å²) in [7, 11) is -5.43. The van der Waals surface area contributed by atoms with Crippen molar-refractivity contribution in [3.8, 4) is 17.6 Å². The molecule has 29 heteroatoms. The van der Waals surface area contributed by atoms with Crippen LogP contribution in [0, 0.1) is 34.9 Å². The number of aromatic nitrogens is 6. The molecule has 0 bridgehead atoms. The van der Waals surface area contributed by atoms with Gasteiger partial charge in [0.1, 0.15) is 36.9 Å². The van der Waals surface area contributed by atoms with Crippen LogP contribution < -0.4 is 17.1 Å². The van der Waals surface area contributed by atoms with Gasteiger partial charge in [-0.3, -0.25) is 28.7 Å². The zero-order chi connectivity index (χ0) is 62.7. The number of hydrogen-bond donors (Lipinski definition) is 7. The summed E-state index contributed by atoms with van der Waals surface area (Å²) < 4.78 is 110. The first-order valence-corrected chi connectivity index (χ1v) is 28.9. The Bertz CT molecular complexity index is 4320. The Morgan fingerprint density at radius 2 is 0.719 bits per heavy atom. The third-order valence-corrected chi connectivity index (χ3v) is 16.8. The number of H-pyrrole nitrogens is 3. The van der Waals surface area contributed by atoms with E-state index in [2.05, 4.69) is 29.9 Å². The quantitative estimate of drug-likeness (QED) is 0.0316. The second-order valence-corrected chi connectivity index (χ2v) is 23.1. The number of imidazole rings is 3. The number of allylic oxidation sites excluding steroid dienone is 3. The maximum Gasteiger partial charge on any atom is 0.572 e. The molecule has 3 aliphatic heterocycles. The van der Waals surface area contributed by atoms with E-state index in [-0.39, 0.29) is 33.8 Å². The predicted molar refractivity (Wildman–Crippen MR) is 323 cm³/mol. The van der Waals surface area contributed by atoms with E-state index in [1.807, 2.05) is 0 Å². The van der Waals surface area contributed by atoms with Crippen LogP contribution in [-0.2, 0) is 13.6 Å². The molecule has 0 amide bonds. The molecule has 0 fully saturated rings. The molecule has 0 saturated heterocycles. The number of aliphatic imine (C=N–C) groups is 3. The summed E-state index contributed by atoms with van der Waals surface area (Å²) in [4.78, 5) is 75.8. The van der Waals surface area contributed by atoms with Crippen molar-refractivity contribution in [2.75, 3.05) is 19.8 Å². The van der Waals surface area contributed by atoms with E-state index in [4.69, 9.17) is 48.4 Å². The van der Waals surface area contributed by atoms with E-state index < -0.39 is 116 Å². The molecule has 0 aliphatic carbocycles. The van der Waals surface area contributed by atoms with Crippen molar-refractivity contribution in [3.05, 3.63) is 241 Å². The average Bonchev–Trinajstić information content (AvgIpc) is 1.82. The highest BCUT2D eigenvalue weighted by Crippen LogP contribution is 2.60. The normalized spacial score (nSPS) is 16.2. The number of rotatable bonds is 18. The van der Waals surface area contributed by atoms with Gasteiger partial charge in [-0.25, -0.2) is 40.7 Å². The fraction of sp³-hybridized carbons (Fsp3) is 0.100. The highest BCUT2D eigenvalue weighted by Gasteiger charge is 2.49. The molecule has 89 heavy (non-hydrogen) atoms. The van der Waals surface area contributed by atoms with Gasteiger partial charge in [0.2, 0.25) is 17.6 Å². The second-order valence-electron chi connectivity index (χ2n) is 20.1. The summed E-state index contributed by atoms with van der Waals surface area (Å²) >= 11 is 18.5. The minimum Gasteiger partial charge on any atom is -0.493 e. The van der Waals surface area contributed by atoms with Gasteiger partial charge in [-0.2, -0.15) is 18.5 Å². The van der Waals surface area contributed by atoms with Gasteiger partial charge >= 0.3 is 25.2 Å². The Kier molecular flexibility index (Phi) is 16.2. The molecule has 6 aromatic carbocycles. The lowest BCUT2D eigenvalue weighted by atomic mass is 10.1. The van der Waals surface area contributed by atoms with Crippen molar-refractivity contribution < 1.29 is 60.1 Å². The second kappa shape index (κ2) is 24.0. The van der Waals surface area contributed by atoms with E-state index in [0.717, 1.165) is 18.2 Å². The van der Waals surface area contributed by atoms with Crippen LogP contribution in [0.2, 0.25) is 15.1 Å². The van der Waals surface area contributed by atoms with Crippen LogP contribution in [0.1, 0.15) is 68.6 Å². The van der Waals surface area contributed by atoms with Gasteiger partial charge in [0.25, 0.3) is 0 Å². The monoisotopic (exact) mass is 1300 g/mol. The Labute approximate surface area is 511 Å². The third kappa shape index (κ3) is 11.8. The Morgan fingerprint density at radius 3 is 0.989 bits per heavy atom. The van der Waals surface area contributed by atoms with E-state index in [1.54, 1.807) is 54.6 Å². The van der Waals surface area contributed by atoms with Crippen LogP contribution >= 0.6 is 43.0 Å². The molecule has 3 atom stereocenters. The molecule has 19 nitrogen and oxygen atoms in total. The van der Waals surface area contributed by atoms with Gasteiger partial charge < -0.3 is 30.3 Å². The standard InChI is InChI=1S/C60H39Cl3F6N9O10P/c61-34-4-7-37-31(22-70-46(37)19-34)16-49-55(79)76(58(82)73-49)52(28-1-10-40(64)43(67)13-28)25-86-89(85,87-26-53(29-2-11-41(65)44(68)14-29)77-56(80)50(74-59(77)83)17-32-23-71-47-20-35(62)5-8-38(32)47)88-27-54(30-3-12-42(66)45(69)15-30)78-57(81)51(75-60(78)84)18-33-24-72-48-21-36(63)6-9-39(33)48/h1-24,52-54,85H,25-27H2,(H5-,70,71,72,73,74,75,79,80,81,82,83,84)/p+1. The maximum atomic E-state index is 15.3. The van der Waals surface area contributed by atoms with Crippen molar-refractivity contribution in [2.45, 2.75) is 18.1 Å². The molecule has 3 unspecified atom stereocenters. The van der Waals surface area contributed by atoms with Gasteiger partial charge in [0.05, 0.1) is 35.2 Å². The zero-order valence-corrected chi connectivity index (χ0v) is 48.1. The first kappa shape index (κ1) is 60.0. The lowest BCUT2D eigenvalue weighted by molar-refractivity contribution is 0.0601. The summed E-state index contributed by atoms with van der Waals surface area (Å²) in [5.74, 6) is -10.8. The van der Waals surface area contributed by atoms with Crippen molar-refractivity contribution in [1.29, 1.82) is 0 Å². The fourth-order valence-electron chi connectivity index (χ4n) is 10.3. The molecule has 3 aliphatic rings. The fourth-order valence-corrected chi connectivity index (χ4v) is 12.0. The van der Waals surface area contributed by atoms with Gasteiger partial charge in [-0.1, -0.05) is 71.2 Å². The molecule has 3 aromatic heterocycles. The Hall–Kier alpha value is -9.30. The first-order valence-electron chi connectivity index (χ1n) is 26.3. The van der Waals surface area contributed by atoms with Crippen molar-refractivity contribution >= 4 is 114 Å². The number of nitrogens with zero attached hydrogens (tertiary/aromatic N) is 6. The largest absolute Gasteiger partial charge is 0.572 e. The van der Waals surface area contributed by atoms with Gasteiger partial charge in [-0.15, -0.1) is 0 Å². The predicted octanol–water partition coefficient (Wildman–Crippen LogP) is 12.7. The van der Waals surface area contributed by atoms with Gasteiger partial charge in [-0.05, 0) is 108 Å². The topological polar surface area (TPSA) is 259 Å². The molecule has 0 radical (unpaired) electrons.